The summed E-state index contributed by atoms with van der Waals surface area (Å²) >= 11 is 0. The second kappa shape index (κ2) is 5.84. The molecule has 0 heterocycles. The highest BCUT2D eigenvalue weighted by atomic mass is 19.4. The van der Waals surface area contributed by atoms with Crippen molar-refractivity contribution in [1.82, 2.24) is 0 Å². The molecule has 2 rings (SSSR count). The van der Waals surface area contributed by atoms with E-state index in [-0.39, 0.29) is 22.6 Å². The molecule has 8 heteroatoms. The van der Waals surface area contributed by atoms with Gasteiger partial charge in [0.2, 0.25) is 0 Å². The minimum Gasteiger partial charge on any atom is -0.478 e. The van der Waals surface area contributed by atoms with Crippen LogP contribution in [0.25, 0.3) is 0 Å². The Bertz CT molecular complexity index is 702. The fourth-order valence-corrected chi connectivity index (χ4v) is 1.77. The Morgan fingerprint density at radius 2 is 1.91 bits per heavy atom. The maximum absolute atomic E-state index is 12.2. The van der Waals surface area contributed by atoms with Gasteiger partial charge in [0.15, 0.2) is 0 Å². The number of carbonyl (C=O) groups is 1. The molecule has 0 unspecified atom stereocenters. The molecular formula is C14H11F3N2O3. The van der Waals surface area contributed by atoms with Crippen LogP contribution in [0.4, 0.5) is 30.2 Å². The molecule has 2 aromatic carbocycles. The minimum absolute atomic E-state index is 0.0952. The van der Waals surface area contributed by atoms with E-state index in [9.17, 15) is 18.0 Å². The summed E-state index contributed by atoms with van der Waals surface area (Å²) in [5, 5.41) is 11.8. The first kappa shape index (κ1) is 15.5. The number of anilines is 3. The number of hydrogen-bond acceptors (Lipinski definition) is 4. The fourth-order valence-electron chi connectivity index (χ4n) is 1.77. The molecule has 0 saturated heterocycles. The van der Waals surface area contributed by atoms with Crippen LogP contribution in [0.1, 0.15) is 10.4 Å². The van der Waals surface area contributed by atoms with E-state index in [4.69, 9.17) is 10.8 Å². The molecule has 22 heavy (non-hydrogen) atoms. The molecule has 0 bridgehead atoms. The fraction of sp³-hybridized carbons (Fsp3) is 0.0714. The van der Waals surface area contributed by atoms with E-state index in [2.05, 4.69) is 10.1 Å². The molecular weight excluding hydrogens is 301 g/mol. The summed E-state index contributed by atoms with van der Waals surface area (Å²) in [5.74, 6) is -1.62. The first-order valence-corrected chi connectivity index (χ1v) is 6.00. The topological polar surface area (TPSA) is 84.6 Å². The molecule has 0 aliphatic rings. The summed E-state index contributed by atoms with van der Waals surface area (Å²) in [7, 11) is 0. The highest BCUT2D eigenvalue weighted by molar-refractivity contribution is 5.96. The number of nitrogen functional groups attached to an aromatic ring is 1. The number of carboxylic acids is 1. The van der Waals surface area contributed by atoms with E-state index in [1.165, 1.54) is 30.3 Å². The van der Waals surface area contributed by atoms with Crippen LogP contribution in [-0.4, -0.2) is 17.4 Å². The number of nitrogens with two attached hydrogens (primary N) is 1. The third kappa shape index (κ3) is 4.05. The Kier molecular flexibility index (Phi) is 4.11. The largest absolute Gasteiger partial charge is 0.573 e. The van der Waals surface area contributed by atoms with Crippen molar-refractivity contribution in [3.05, 3.63) is 48.0 Å². The standard InChI is InChI=1S/C14H11F3N2O3/c15-14(16,17)22-10-3-1-2-9(7-10)19-12-5-4-8(18)6-11(12)13(20)21/h1-7,19H,18H2,(H,20,21). The van der Waals surface area contributed by atoms with Gasteiger partial charge in [0.05, 0.1) is 11.3 Å². The smallest absolute Gasteiger partial charge is 0.478 e. The summed E-state index contributed by atoms with van der Waals surface area (Å²) in [6.45, 7) is 0. The van der Waals surface area contributed by atoms with E-state index in [0.29, 0.717) is 0 Å². The van der Waals surface area contributed by atoms with Gasteiger partial charge in [-0.15, -0.1) is 13.2 Å². The third-order valence-electron chi connectivity index (χ3n) is 2.62. The van der Waals surface area contributed by atoms with E-state index in [0.717, 1.165) is 12.1 Å². The Morgan fingerprint density at radius 1 is 1.18 bits per heavy atom. The summed E-state index contributed by atoms with van der Waals surface area (Å²) in [6, 6.07) is 9.23. The normalized spacial score (nSPS) is 11.0. The Labute approximate surface area is 123 Å². The van der Waals surface area contributed by atoms with E-state index in [1.807, 2.05) is 0 Å². The Hall–Kier alpha value is -2.90. The van der Waals surface area contributed by atoms with E-state index >= 15 is 0 Å². The van der Waals surface area contributed by atoms with Crippen LogP contribution in [0.15, 0.2) is 42.5 Å². The number of nitrogens with one attached hydrogen (secondary N) is 1. The van der Waals surface area contributed by atoms with E-state index < -0.39 is 18.1 Å². The first-order valence-electron chi connectivity index (χ1n) is 6.00. The molecule has 5 nitrogen and oxygen atoms in total. The highest BCUT2D eigenvalue weighted by Gasteiger charge is 2.31. The molecule has 0 atom stereocenters. The summed E-state index contributed by atoms with van der Waals surface area (Å²) in [6.07, 6.45) is -4.80. The van der Waals surface area contributed by atoms with Gasteiger partial charge in [0.25, 0.3) is 0 Å². The van der Waals surface area contributed by atoms with Crippen molar-refractivity contribution in [3.8, 4) is 5.75 Å². The van der Waals surface area contributed by atoms with Gasteiger partial charge in [-0.1, -0.05) is 6.07 Å². The van der Waals surface area contributed by atoms with Crippen molar-refractivity contribution >= 4 is 23.0 Å². The molecule has 0 spiro atoms. The van der Waals surface area contributed by atoms with Crippen molar-refractivity contribution < 1.29 is 27.8 Å². The van der Waals surface area contributed by atoms with Gasteiger partial charge >= 0.3 is 12.3 Å². The van der Waals surface area contributed by atoms with Crippen LogP contribution in [-0.2, 0) is 0 Å². The van der Waals surface area contributed by atoms with Crippen molar-refractivity contribution in [3.63, 3.8) is 0 Å². The number of carboxylic acid groups (broad SMARTS) is 1. The van der Waals surface area contributed by atoms with Gasteiger partial charge in [-0.3, -0.25) is 0 Å². The molecule has 0 amide bonds. The number of hydrogen-bond donors (Lipinski definition) is 3. The molecule has 0 fully saturated rings. The molecule has 0 radical (unpaired) electrons. The maximum atomic E-state index is 12.2. The number of benzene rings is 2. The zero-order valence-corrected chi connectivity index (χ0v) is 11.0. The minimum atomic E-state index is -4.80. The lowest BCUT2D eigenvalue weighted by Crippen LogP contribution is -2.17. The van der Waals surface area contributed by atoms with Crippen LogP contribution >= 0.6 is 0 Å². The maximum Gasteiger partial charge on any atom is 0.573 e. The second-order valence-electron chi connectivity index (χ2n) is 4.31. The van der Waals surface area contributed by atoms with Gasteiger partial charge in [0.1, 0.15) is 5.75 Å². The molecule has 0 saturated carbocycles. The predicted molar refractivity (Wildman–Crippen MR) is 74.2 cm³/mol. The highest BCUT2D eigenvalue weighted by Crippen LogP contribution is 2.28. The Balaban J connectivity index is 2.28. The summed E-state index contributed by atoms with van der Waals surface area (Å²) in [5.41, 5.74) is 6.13. The third-order valence-corrected chi connectivity index (χ3v) is 2.62. The molecule has 0 aliphatic heterocycles. The summed E-state index contributed by atoms with van der Waals surface area (Å²) < 4.78 is 40.3. The van der Waals surface area contributed by atoms with Crippen LogP contribution in [0.2, 0.25) is 0 Å². The van der Waals surface area contributed by atoms with Gasteiger partial charge < -0.3 is 20.9 Å². The molecule has 0 aliphatic carbocycles. The molecule has 116 valence electrons. The van der Waals surface area contributed by atoms with Gasteiger partial charge in [0, 0.05) is 17.4 Å². The van der Waals surface area contributed by atoms with Gasteiger partial charge in [-0.05, 0) is 30.3 Å². The van der Waals surface area contributed by atoms with Gasteiger partial charge in [-0.2, -0.15) is 0 Å². The molecule has 0 aromatic heterocycles. The average Bonchev–Trinajstić information content (AvgIpc) is 2.39. The van der Waals surface area contributed by atoms with Crippen molar-refractivity contribution in [1.29, 1.82) is 0 Å². The number of halogens is 3. The zero-order chi connectivity index (χ0) is 16.3. The monoisotopic (exact) mass is 312 g/mol. The lowest BCUT2D eigenvalue weighted by Gasteiger charge is -2.13. The lowest BCUT2D eigenvalue weighted by atomic mass is 10.1. The number of alkyl halides is 3. The number of ether oxygens (including phenoxy) is 1. The predicted octanol–water partition coefficient (Wildman–Crippen LogP) is 3.61. The van der Waals surface area contributed by atoms with Crippen molar-refractivity contribution in [2.45, 2.75) is 6.36 Å². The molecule has 2 aromatic rings. The van der Waals surface area contributed by atoms with E-state index in [1.54, 1.807) is 0 Å². The van der Waals surface area contributed by atoms with Crippen LogP contribution < -0.4 is 15.8 Å². The van der Waals surface area contributed by atoms with Crippen LogP contribution in [0, 0.1) is 0 Å². The van der Waals surface area contributed by atoms with Crippen molar-refractivity contribution in [2.24, 2.45) is 0 Å². The summed E-state index contributed by atoms with van der Waals surface area (Å²) in [4.78, 5) is 11.1. The second-order valence-corrected chi connectivity index (χ2v) is 4.31. The Morgan fingerprint density at radius 3 is 2.55 bits per heavy atom. The number of aromatic carboxylic acids is 1. The van der Waals surface area contributed by atoms with Crippen LogP contribution in [0.5, 0.6) is 5.75 Å². The number of rotatable bonds is 4. The quantitative estimate of drug-likeness (QED) is 0.751. The molecule has 4 N–H and O–H groups in total. The average molecular weight is 312 g/mol. The lowest BCUT2D eigenvalue weighted by molar-refractivity contribution is -0.274. The SMILES string of the molecule is Nc1ccc(Nc2cccc(OC(F)(F)F)c2)c(C(=O)O)c1. The van der Waals surface area contributed by atoms with Gasteiger partial charge in [-0.25, -0.2) is 4.79 Å². The first-order chi connectivity index (χ1) is 10.2. The van der Waals surface area contributed by atoms with Crippen molar-refractivity contribution in [2.75, 3.05) is 11.1 Å². The zero-order valence-electron chi connectivity index (χ0n) is 11.0. The van der Waals surface area contributed by atoms with Crippen LogP contribution in [0.3, 0.4) is 0 Å².